The highest BCUT2D eigenvalue weighted by Crippen LogP contribution is 2.17. The Hall–Kier alpha value is -1.84. The lowest BCUT2D eigenvalue weighted by Crippen LogP contribution is -2.28. The van der Waals surface area contributed by atoms with Crippen molar-refractivity contribution in [2.24, 2.45) is 5.73 Å². The summed E-state index contributed by atoms with van der Waals surface area (Å²) in [7, 11) is 1.66. The van der Waals surface area contributed by atoms with Crippen molar-refractivity contribution < 1.29 is 14.3 Å². The van der Waals surface area contributed by atoms with Crippen LogP contribution in [-0.2, 0) is 9.53 Å². The quantitative estimate of drug-likeness (QED) is 0.651. The molecule has 0 aromatic carbocycles. The molecule has 1 amide bonds. The number of thiophene rings is 1. The van der Waals surface area contributed by atoms with E-state index < -0.39 is 0 Å². The van der Waals surface area contributed by atoms with E-state index in [0.717, 1.165) is 4.88 Å². The maximum absolute atomic E-state index is 12.1. The molecule has 0 saturated heterocycles. The Bertz CT molecular complexity index is 528. The molecule has 0 aliphatic rings. The zero-order chi connectivity index (χ0) is 15.0. The molecule has 2 N–H and O–H groups in total. The number of nitrogens with zero attached hydrogens (tertiary/aromatic N) is 1. The van der Waals surface area contributed by atoms with Gasteiger partial charge in [-0.05, 0) is 19.1 Å². The van der Waals surface area contributed by atoms with Crippen LogP contribution in [-0.4, -0.2) is 43.5 Å². The summed E-state index contributed by atoms with van der Waals surface area (Å²) in [5.41, 5.74) is 5.30. The molecule has 0 fully saturated rings. The van der Waals surface area contributed by atoms with Crippen molar-refractivity contribution >= 4 is 23.2 Å². The number of hydrogen-bond donors (Lipinski definition) is 1. The number of carbonyl (C=O) groups is 2. The number of esters is 1. The van der Waals surface area contributed by atoms with Gasteiger partial charge in [0.2, 0.25) is 0 Å². The first-order chi connectivity index (χ1) is 9.58. The Morgan fingerprint density at radius 2 is 2.20 bits per heavy atom. The molecule has 1 aromatic rings. The van der Waals surface area contributed by atoms with Gasteiger partial charge in [-0.3, -0.25) is 9.59 Å². The molecular weight excluding hydrogens is 276 g/mol. The van der Waals surface area contributed by atoms with Gasteiger partial charge in [-0.2, -0.15) is 0 Å². The van der Waals surface area contributed by atoms with Crippen molar-refractivity contribution in [3.8, 4) is 11.8 Å². The van der Waals surface area contributed by atoms with Crippen LogP contribution < -0.4 is 5.73 Å². The van der Waals surface area contributed by atoms with Crippen molar-refractivity contribution in [3.63, 3.8) is 0 Å². The van der Waals surface area contributed by atoms with E-state index in [2.05, 4.69) is 11.8 Å². The minimum Gasteiger partial charge on any atom is -0.466 e. The Kier molecular flexibility index (Phi) is 6.77. The van der Waals surface area contributed by atoms with Crippen LogP contribution in [0.2, 0.25) is 0 Å². The Labute approximate surface area is 122 Å². The van der Waals surface area contributed by atoms with Crippen molar-refractivity contribution in [3.05, 3.63) is 21.9 Å². The third-order valence-corrected chi connectivity index (χ3v) is 3.42. The number of ether oxygens (including phenoxy) is 1. The fraction of sp³-hybridized carbons (Fsp3) is 0.429. The fourth-order valence-electron chi connectivity index (χ4n) is 1.44. The first-order valence-electron chi connectivity index (χ1n) is 6.28. The van der Waals surface area contributed by atoms with E-state index >= 15 is 0 Å². The molecule has 108 valence electrons. The first-order valence-corrected chi connectivity index (χ1v) is 7.10. The zero-order valence-electron chi connectivity index (χ0n) is 11.6. The lowest BCUT2D eigenvalue weighted by molar-refractivity contribution is -0.143. The predicted octanol–water partition coefficient (Wildman–Crippen LogP) is 1.08. The molecular formula is C14H18N2O3S. The van der Waals surface area contributed by atoms with Crippen molar-refractivity contribution in [1.82, 2.24) is 4.90 Å². The van der Waals surface area contributed by atoms with Gasteiger partial charge in [-0.15, -0.1) is 11.3 Å². The monoisotopic (exact) mass is 294 g/mol. The summed E-state index contributed by atoms with van der Waals surface area (Å²) in [6, 6.07) is 3.52. The van der Waals surface area contributed by atoms with E-state index in [1.54, 1.807) is 26.1 Å². The molecule has 0 aliphatic carbocycles. The maximum Gasteiger partial charge on any atom is 0.307 e. The molecule has 0 atom stereocenters. The van der Waals surface area contributed by atoms with Crippen LogP contribution in [0.4, 0.5) is 0 Å². The minimum absolute atomic E-state index is 0.125. The van der Waals surface area contributed by atoms with Gasteiger partial charge in [0, 0.05) is 13.6 Å². The molecule has 6 heteroatoms. The molecule has 0 radical (unpaired) electrons. The standard InChI is InChI=1S/C14H18N2O3S/c1-3-19-13(17)8-10-16(2)14(18)12-7-6-11(20-12)5-4-9-15/h6-7H,3,8-10,15H2,1-2H3. The summed E-state index contributed by atoms with van der Waals surface area (Å²) in [5.74, 6) is 5.20. The lowest BCUT2D eigenvalue weighted by atomic mass is 10.3. The predicted molar refractivity (Wildman–Crippen MR) is 78.5 cm³/mol. The number of nitrogens with two attached hydrogens (primary N) is 1. The van der Waals surface area contributed by atoms with Crippen LogP contribution in [0, 0.1) is 11.8 Å². The summed E-state index contributed by atoms with van der Waals surface area (Å²) < 4.78 is 4.82. The van der Waals surface area contributed by atoms with Crippen molar-refractivity contribution in [1.29, 1.82) is 0 Å². The molecule has 0 saturated carbocycles. The summed E-state index contributed by atoms with van der Waals surface area (Å²) in [5, 5.41) is 0. The van der Waals surface area contributed by atoms with Crippen LogP contribution in [0.3, 0.4) is 0 Å². The maximum atomic E-state index is 12.1. The van der Waals surface area contributed by atoms with Crippen LogP contribution in [0.5, 0.6) is 0 Å². The molecule has 0 aliphatic heterocycles. The smallest absolute Gasteiger partial charge is 0.307 e. The second kappa shape index (κ2) is 8.35. The zero-order valence-corrected chi connectivity index (χ0v) is 12.5. The van der Waals surface area contributed by atoms with Gasteiger partial charge in [0.05, 0.1) is 29.3 Å². The van der Waals surface area contributed by atoms with Crippen molar-refractivity contribution in [2.45, 2.75) is 13.3 Å². The van der Waals surface area contributed by atoms with Gasteiger partial charge < -0.3 is 15.4 Å². The van der Waals surface area contributed by atoms with Crippen LogP contribution >= 0.6 is 11.3 Å². The Morgan fingerprint density at radius 3 is 2.85 bits per heavy atom. The highest BCUT2D eigenvalue weighted by atomic mass is 32.1. The second-order valence-electron chi connectivity index (χ2n) is 3.95. The average Bonchev–Trinajstić information content (AvgIpc) is 2.90. The summed E-state index contributed by atoms with van der Waals surface area (Å²) in [6.45, 7) is 2.73. The number of rotatable bonds is 5. The normalized spacial score (nSPS) is 9.55. The third kappa shape index (κ3) is 5.03. The molecule has 1 aromatic heterocycles. The van der Waals surface area contributed by atoms with E-state index in [1.165, 1.54) is 16.2 Å². The number of carbonyl (C=O) groups excluding carboxylic acids is 2. The SMILES string of the molecule is CCOC(=O)CCN(C)C(=O)c1ccc(C#CCN)s1. The molecule has 0 spiro atoms. The van der Waals surface area contributed by atoms with Crippen LogP contribution in [0.1, 0.15) is 27.9 Å². The highest BCUT2D eigenvalue weighted by Gasteiger charge is 2.15. The van der Waals surface area contributed by atoms with Gasteiger partial charge in [0.15, 0.2) is 0 Å². The van der Waals surface area contributed by atoms with Crippen LogP contribution in [0.15, 0.2) is 12.1 Å². The van der Waals surface area contributed by atoms with Crippen molar-refractivity contribution in [2.75, 3.05) is 26.7 Å². The molecule has 20 heavy (non-hydrogen) atoms. The minimum atomic E-state index is -0.298. The van der Waals surface area contributed by atoms with E-state index in [9.17, 15) is 9.59 Å². The Morgan fingerprint density at radius 1 is 1.45 bits per heavy atom. The molecule has 5 nitrogen and oxygen atoms in total. The topological polar surface area (TPSA) is 72.6 Å². The first kappa shape index (κ1) is 16.2. The second-order valence-corrected chi connectivity index (χ2v) is 5.04. The van der Waals surface area contributed by atoms with Gasteiger partial charge in [0.25, 0.3) is 5.91 Å². The molecule has 1 rings (SSSR count). The van der Waals surface area contributed by atoms with Crippen LogP contribution in [0.25, 0.3) is 0 Å². The largest absolute Gasteiger partial charge is 0.466 e. The number of hydrogen-bond acceptors (Lipinski definition) is 5. The van der Waals surface area contributed by atoms with E-state index in [4.69, 9.17) is 10.5 Å². The van der Waals surface area contributed by atoms with Gasteiger partial charge in [-0.1, -0.05) is 11.8 Å². The fourth-order valence-corrected chi connectivity index (χ4v) is 2.32. The van der Waals surface area contributed by atoms with E-state index in [-0.39, 0.29) is 18.3 Å². The average molecular weight is 294 g/mol. The van der Waals surface area contributed by atoms with Gasteiger partial charge >= 0.3 is 5.97 Å². The molecule has 1 heterocycles. The summed E-state index contributed by atoms with van der Waals surface area (Å²) in [4.78, 5) is 26.3. The summed E-state index contributed by atoms with van der Waals surface area (Å²) >= 11 is 1.32. The van der Waals surface area contributed by atoms with E-state index in [1.807, 2.05) is 0 Å². The highest BCUT2D eigenvalue weighted by molar-refractivity contribution is 7.14. The van der Waals surface area contributed by atoms with E-state index in [0.29, 0.717) is 24.6 Å². The summed E-state index contributed by atoms with van der Waals surface area (Å²) in [6.07, 6.45) is 0.196. The molecule has 0 unspecified atom stereocenters. The number of amides is 1. The van der Waals surface area contributed by atoms with Gasteiger partial charge in [0.1, 0.15) is 0 Å². The lowest BCUT2D eigenvalue weighted by Gasteiger charge is -2.15. The van der Waals surface area contributed by atoms with Gasteiger partial charge in [-0.25, -0.2) is 0 Å². The molecule has 0 bridgehead atoms. The third-order valence-electron chi connectivity index (χ3n) is 2.43. The Balaban J connectivity index is 2.56.